The second-order valence-corrected chi connectivity index (χ2v) is 5.01. The van der Waals surface area contributed by atoms with Gasteiger partial charge in [-0.25, -0.2) is 9.37 Å². The Kier molecular flexibility index (Phi) is 4.23. The van der Waals surface area contributed by atoms with Gasteiger partial charge in [-0.3, -0.25) is 0 Å². The first kappa shape index (κ1) is 12.2. The van der Waals surface area contributed by atoms with Crippen molar-refractivity contribution in [3.63, 3.8) is 0 Å². The van der Waals surface area contributed by atoms with Crippen LogP contribution in [0, 0.1) is 5.82 Å². The molecule has 0 atom stereocenters. The Morgan fingerprint density at radius 3 is 3.06 bits per heavy atom. The van der Waals surface area contributed by atoms with E-state index in [2.05, 4.69) is 17.2 Å². The molecular weight excluding hydrogens is 235 g/mol. The lowest BCUT2D eigenvalue weighted by atomic mass is 10.1. The van der Waals surface area contributed by atoms with Gasteiger partial charge in [-0.15, -0.1) is 11.3 Å². The summed E-state index contributed by atoms with van der Waals surface area (Å²) in [6.45, 7) is 3.89. The number of hydrogen-bond donors (Lipinski definition) is 1. The number of aromatic nitrogens is 1. The van der Waals surface area contributed by atoms with Crippen LogP contribution in [0.5, 0.6) is 0 Å². The van der Waals surface area contributed by atoms with Gasteiger partial charge in [-0.2, -0.15) is 0 Å². The highest BCUT2D eigenvalue weighted by Crippen LogP contribution is 2.17. The molecule has 90 valence electrons. The molecule has 0 saturated heterocycles. The zero-order valence-electron chi connectivity index (χ0n) is 9.74. The number of halogens is 1. The standard InChI is InChI=1S/C13H15FN2S/c1-2-15-8-12-9-16-13(17-12)7-10-4-3-5-11(14)6-10/h3-6,9,15H,2,7-8H2,1H3. The molecule has 1 aromatic heterocycles. The quantitative estimate of drug-likeness (QED) is 0.882. The Morgan fingerprint density at radius 1 is 1.41 bits per heavy atom. The van der Waals surface area contributed by atoms with Crippen molar-refractivity contribution in [3.8, 4) is 0 Å². The van der Waals surface area contributed by atoms with Crippen LogP contribution in [0.25, 0.3) is 0 Å². The molecule has 0 unspecified atom stereocenters. The van der Waals surface area contributed by atoms with Crippen molar-refractivity contribution < 1.29 is 4.39 Å². The Labute approximate surface area is 105 Å². The maximum atomic E-state index is 13.0. The Hall–Kier alpha value is -1.26. The van der Waals surface area contributed by atoms with Crippen LogP contribution in [-0.4, -0.2) is 11.5 Å². The van der Waals surface area contributed by atoms with Crippen LogP contribution in [-0.2, 0) is 13.0 Å². The molecule has 2 rings (SSSR count). The molecule has 0 bridgehead atoms. The molecule has 0 fully saturated rings. The first-order chi connectivity index (χ1) is 8.28. The topological polar surface area (TPSA) is 24.9 Å². The van der Waals surface area contributed by atoms with Gasteiger partial charge in [0.05, 0.1) is 5.01 Å². The molecule has 0 aliphatic carbocycles. The van der Waals surface area contributed by atoms with Gasteiger partial charge < -0.3 is 5.32 Å². The first-order valence-corrected chi connectivity index (χ1v) is 6.48. The van der Waals surface area contributed by atoms with E-state index in [0.717, 1.165) is 23.7 Å². The summed E-state index contributed by atoms with van der Waals surface area (Å²) in [5.74, 6) is -0.188. The van der Waals surface area contributed by atoms with Crippen LogP contribution in [0.1, 0.15) is 22.4 Å². The van der Waals surface area contributed by atoms with Crippen molar-refractivity contribution in [3.05, 3.63) is 51.7 Å². The van der Waals surface area contributed by atoms with Crippen LogP contribution in [0.2, 0.25) is 0 Å². The number of benzene rings is 1. The van der Waals surface area contributed by atoms with E-state index < -0.39 is 0 Å². The van der Waals surface area contributed by atoms with E-state index in [9.17, 15) is 4.39 Å². The minimum atomic E-state index is -0.188. The molecule has 4 heteroatoms. The van der Waals surface area contributed by atoms with E-state index in [1.54, 1.807) is 23.5 Å². The Balaban J connectivity index is 2.01. The van der Waals surface area contributed by atoms with Crippen LogP contribution in [0.4, 0.5) is 4.39 Å². The summed E-state index contributed by atoms with van der Waals surface area (Å²) in [5, 5.41) is 4.29. The second kappa shape index (κ2) is 5.89. The number of hydrogen-bond acceptors (Lipinski definition) is 3. The molecule has 1 N–H and O–H groups in total. The molecule has 1 heterocycles. The highest BCUT2D eigenvalue weighted by atomic mass is 32.1. The van der Waals surface area contributed by atoms with Gasteiger partial charge in [0.25, 0.3) is 0 Å². The van der Waals surface area contributed by atoms with Crippen LogP contribution in [0.3, 0.4) is 0 Å². The predicted octanol–water partition coefficient (Wildman–Crippen LogP) is 2.98. The van der Waals surface area contributed by atoms with Crippen LogP contribution < -0.4 is 5.32 Å². The van der Waals surface area contributed by atoms with Gasteiger partial charge in [0, 0.05) is 24.0 Å². The molecule has 1 aromatic carbocycles. The van der Waals surface area contributed by atoms with Crippen molar-refractivity contribution >= 4 is 11.3 Å². The number of thiazole rings is 1. The fraction of sp³-hybridized carbons (Fsp3) is 0.308. The molecule has 0 amide bonds. The summed E-state index contributed by atoms with van der Waals surface area (Å²) in [6.07, 6.45) is 2.59. The summed E-state index contributed by atoms with van der Waals surface area (Å²) < 4.78 is 13.0. The van der Waals surface area contributed by atoms with E-state index in [1.165, 1.54) is 10.9 Å². The predicted molar refractivity (Wildman–Crippen MR) is 68.7 cm³/mol. The van der Waals surface area contributed by atoms with Gasteiger partial charge in [0.1, 0.15) is 5.82 Å². The average Bonchev–Trinajstić information content (AvgIpc) is 2.74. The van der Waals surface area contributed by atoms with Crippen molar-refractivity contribution in [1.29, 1.82) is 0 Å². The van der Waals surface area contributed by atoms with Crippen molar-refractivity contribution in [2.45, 2.75) is 19.9 Å². The number of rotatable bonds is 5. The second-order valence-electron chi connectivity index (χ2n) is 3.81. The zero-order valence-corrected chi connectivity index (χ0v) is 10.6. The lowest BCUT2D eigenvalue weighted by Crippen LogP contribution is -2.10. The van der Waals surface area contributed by atoms with Crippen molar-refractivity contribution in [2.75, 3.05) is 6.54 Å². The molecule has 2 nitrogen and oxygen atoms in total. The average molecular weight is 250 g/mol. The third kappa shape index (κ3) is 3.61. The molecule has 0 aliphatic rings. The monoisotopic (exact) mass is 250 g/mol. The number of nitrogens with zero attached hydrogens (tertiary/aromatic N) is 1. The lowest BCUT2D eigenvalue weighted by Gasteiger charge is -1.98. The van der Waals surface area contributed by atoms with E-state index in [1.807, 2.05) is 12.3 Å². The highest BCUT2D eigenvalue weighted by Gasteiger charge is 2.03. The van der Waals surface area contributed by atoms with Gasteiger partial charge in [0.2, 0.25) is 0 Å². The Bertz CT molecular complexity index is 482. The summed E-state index contributed by atoms with van der Waals surface area (Å²) >= 11 is 1.68. The van der Waals surface area contributed by atoms with Gasteiger partial charge >= 0.3 is 0 Å². The summed E-state index contributed by atoms with van der Waals surface area (Å²) in [7, 11) is 0. The molecule has 2 aromatic rings. The lowest BCUT2D eigenvalue weighted by molar-refractivity contribution is 0.626. The van der Waals surface area contributed by atoms with Gasteiger partial charge in [-0.05, 0) is 24.2 Å². The summed E-state index contributed by atoms with van der Waals surface area (Å²) in [5.41, 5.74) is 0.967. The Morgan fingerprint density at radius 2 is 2.29 bits per heavy atom. The molecule has 0 radical (unpaired) electrons. The molecule has 0 saturated carbocycles. The summed E-state index contributed by atoms with van der Waals surface area (Å²) in [4.78, 5) is 5.57. The smallest absolute Gasteiger partial charge is 0.123 e. The minimum absolute atomic E-state index is 0.188. The van der Waals surface area contributed by atoms with Crippen molar-refractivity contribution in [1.82, 2.24) is 10.3 Å². The van der Waals surface area contributed by atoms with Gasteiger partial charge in [0.15, 0.2) is 0 Å². The first-order valence-electron chi connectivity index (χ1n) is 5.66. The van der Waals surface area contributed by atoms with E-state index in [-0.39, 0.29) is 5.82 Å². The zero-order chi connectivity index (χ0) is 12.1. The SMILES string of the molecule is CCNCc1cnc(Cc2cccc(F)c2)s1. The maximum absolute atomic E-state index is 13.0. The normalized spacial score (nSPS) is 10.7. The van der Waals surface area contributed by atoms with Crippen LogP contribution >= 0.6 is 11.3 Å². The maximum Gasteiger partial charge on any atom is 0.123 e. The molecular formula is C13H15FN2S. The largest absolute Gasteiger partial charge is 0.312 e. The fourth-order valence-corrected chi connectivity index (χ4v) is 2.51. The third-order valence-corrected chi connectivity index (χ3v) is 3.39. The van der Waals surface area contributed by atoms with Gasteiger partial charge in [-0.1, -0.05) is 19.1 Å². The van der Waals surface area contributed by atoms with E-state index >= 15 is 0 Å². The van der Waals surface area contributed by atoms with Crippen molar-refractivity contribution in [2.24, 2.45) is 0 Å². The minimum Gasteiger partial charge on any atom is -0.312 e. The molecule has 0 spiro atoms. The fourth-order valence-electron chi connectivity index (χ4n) is 1.58. The highest BCUT2D eigenvalue weighted by molar-refractivity contribution is 7.11. The number of nitrogens with one attached hydrogen (secondary N) is 1. The third-order valence-electron chi connectivity index (χ3n) is 2.40. The van der Waals surface area contributed by atoms with E-state index in [0.29, 0.717) is 6.42 Å². The molecule has 17 heavy (non-hydrogen) atoms. The van der Waals surface area contributed by atoms with E-state index in [4.69, 9.17) is 0 Å². The summed E-state index contributed by atoms with van der Waals surface area (Å²) in [6, 6.07) is 6.68. The molecule has 0 aliphatic heterocycles. The van der Waals surface area contributed by atoms with Crippen LogP contribution in [0.15, 0.2) is 30.5 Å².